The van der Waals surface area contributed by atoms with Gasteiger partial charge in [-0.1, -0.05) is 24.6 Å². The summed E-state index contributed by atoms with van der Waals surface area (Å²) in [5.74, 6) is 0.512. The van der Waals surface area contributed by atoms with E-state index in [0.29, 0.717) is 38.4 Å². The van der Waals surface area contributed by atoms with Crippen molar-refractivity contribution in [1.29, 1.82) is 0 Å². The lowest BCUT2D eigenvalue weighted by Crippen LogP contribution is -2.41. The monoisotopic (exact) mass is 487 g/mol. The van der Waals surface area contributed by atoms with E-state index in [9.17, 15) is 13.2 Å². The molecule has 2 aromatic rings. The molecular weight excluding hydrogens is 454 g/mol. The molecule has 0 aliphatic carbocycles. The van der Waals surface area contributed by atoms with Gasteiger partial charge in [0.1, 0.15) is 5.75 Å². The zero-order chi connectivity index (χ0) is 24.0. The van der Waals surface area contributed by atoms with E-state index >= 15 is 0 Å². The Labute approximate surface area is 201 Å². The number of methoxy groups -OCH3 is 1. The van der Waals surface area contributed by atoms with E-state index in [4.69, 9.17) is 9.47 Å². The van der Waals surface area contributed by atoms with E-state index in [0.717, 1.165) is 37.2 Å². The number of hydrogen-bond donors (Lipinski definition) is 1. The van der Waals surface area contributed by atoms with Crippen LogP contribution in [0.2, 0.25) is 0 Å². The minimum atomic E-state index is -3.66. The predicted octanol–water partition coefficient (Wildman–Crippen LogP) is 2.67. The Kier molecular flexibility index (Phi) is 8.20. The van der Waals surface area contributed by atoms with Crippen molar-refractivity contribution in [2.24, 2.45) is 0 Å². The molecule has 2 aliphatic rings. The lowest BCUT2D eigenvalue weighted by molar-refractivity contribution is 0.0730. The summed E-state index contributed by atoms with van der Waals surface area (Å²) in [5.41, 5.74) is 1.45. The number of ether oxygens (including phenoxy) is 2. The van der Waals surface area contributed by atoms with E-state index in [-0.39, 0.29) is 16.8 Å². The van der Waals surface area contributed by atoms with Gasteiger partial charge in [0.2, 0.25) is 10.0 Å². The number of sulfonamides is 1. The van der Waals surface area contributed by atoms with Gasteiger partial charge in [-0.3, -0.25) is 9.69 Å². The van der Waals surface area contributed by atoms with Gasteiger partial charge < -0.3 is 14.8 Å². The molecule has 0 radical (unpaired) electrons. The van der Waals surface area contributed by atoms with Gasteiger partial charge in [-0.2, -0.15) is 4.31 Å². The number of benzene rings is 2. The van der Waals surface area contributed by atoms with Crippen molar-refractivity contribution in [3.8, 4) is 5.75 Å². The summed E-state index contributed by atoms with van der Waals surface area (Å²) in [5, 5.41) is 3.04. The highest BCUT2D eigenvalue weighted by Gasteiger charge is 2.27. The number of nitrogens with one attached hydrogen (secondary N) is 1. The molecular formula is C25H33N3O5S. The Hall–Kier alpha value is -2.46. The number of hydrogen-bond acceptors (Lipinski definition) is 6. The number of nitrogens with zero attached hydrogens (tertiary/aromatic N) is 2. The van der Waals surface area contributed by atoms with E-state index < -0.39 is 10.0 Å². The lowest BCUT2D eigenvalue weighted by Gasteiger charge is -2.35. The zero-order valence-electron chi connectivity index (χ0n) is 19.6. The highest BCUT2D eigenvalue weighted by molar-refractivity contribution is 7.89. The third-order valence-electron chi connectivity index (χ3n) is 6.49. The van der Waals surface area contributed by atoms with Crippen molar-refractivity contribution in [2.75, 3.05) is 53.0 Å². The fraction of sp³-hybridized carbons (Fsp3) is 0.480. The first-order chi connectivity index (χ1) is 16.5. The molecule has 8 nitrogen and oxygen atoms in total. The molecule has 0 saturated carbocycles. The van der Waals surface area contributed by atoms with Crippen LogP contribution in [0.5, 0.6) is 5.75 Å². The standard InChI is InChI=1S/C25H33N3O5S/c1-32-22-10-8-20(9-11-22)24(27-12-3-2-4-13-27)19-26-25(29)21-6-5-7-23(18-21)34(30,31)28-14-16-33-17-15-28/h5-11,18,24H,2-4,12-17,19H2,1H3,(H,26,29)/t24-/m0/s1. The first-order valence-electron chi connectivity index (χ1n) is 11.8. The maximum atomic E-state index is 13.0. The minimum Gasteiger partial charge on any atom is -0.497 e. The Morgan fingerprint density at radius 2 is 1.74 bits per heavy atom. The highest BCUT2D eigenvalue weighted by atomic mass is 32.2. The number of morpholine rings is 1. The number of carbonyl (C=O) groups is 1. The Morgan fingerprint density at radius 3 is 2.41 bits per heavy atom. The summed E-state index contributed by atoms with van der Waals surface area (Å²) in [6.07, 6.45) is 3.51. The van der Waals surface area contributed by atoms with Crippen LogP contribution in [0, 0.1) is 0 Å². The molecule has 4 rings (SSSR count). The van der Waals surface area contributed by atoms with Crippen LogP contribution in [0.3, 0.4) is 0 Å². The maximum absolute atomic E-state index is 13.0. The number of rotatable bonds is 8. The zero-order valence-corrected chi connectivity index (χ0v) is 20.4. The molecule has 1 amide bonds. The topological polar surface area (TPSA) is 88.2 Å². The number of amides is 1. The van der Waals surface area contributed by atoms with Crippen LogP contribution < -0.4 is 10.1 Å². The van der Waals surface area contributed by atoms with E-state index in [1.165, 1.54) is 22.9 Å². The quantitative estimate of drug-likeness (QED) is 0.616. The van der Waals surface area contributed by atoms with Gasteiger partial charge in [0.15, 0.2) is 0 Å². The second-order valence-electron chi connectivity index (χ2n) is 8.64. The van der Waals surface area contributed by atoms with Crippen molar-refractivity contribution in [3.05, 3.63) is 59.7 Å². The van der Waals surface area contributed by atoms with Gasteiger partial charge in [-0.15, -0.1) is 0 Å². The first-order valence-corrected chi connectivity index (χ1v) is 13.3. The average molecular weight is 488 g/mol. The van der Waals surface area contributed by atoms with Crippen molar-refractivity contribution < 1.29 is 22.7 Å². The van der Waals surface area contributed by atoms with Gasteiger partial charge in [0.25, 0.3) is 5.91 Å². The molecule has 2 fully saturated rings. The number of likely N-dealkylation sites (tertiary alicyclic amines) is 1. The predicted molar refractivity (Wildman–Crippen MR) is 130 cm³/mol. The largest absolute Gasteiger partial charge is 0.497 e. The number of piperidine rings is 1. The van der Waals surface area contributed by atoms with Crippen LogP contribution in [0.1, 0.15) is 41.2 Å². The van der Waals surface area contributed by atoms with Crippen LogP contribution >= 0.6 is 0 Å². The molecule has 0 bridgehead atoms. The van der Waals surface area contributed by atoms with Gasteiger partial charge in [0, 0.05) is 25.2 Å². The summed E-state index contributed by atoms with van der Waals surface area (Å²) in [6, 6.07) is 14.3. The molecule has 2 heterocycles. The van der Waals surface area contributed by atoms with Crippen LogP contribution in [0.15, 0.2) is 53.4 Å². The lowest BCUT2D eigenvalue weighted by atomic mass is 10.0. The van der Waals surface area contributed by atoms with Crippen molar-refractivity contribution >= 4 is 15.9 Å². The Bertz CT molecular complexity index is 1060. The van der Waals surface area contributed by atoms with Gasteiger partial charge in [-0.25, -0.2) is 8.42 Å². The van der Waals surface area contributed by atoms with Crippen LogP contribution in [0.25, 0.3) is 0 Å². The smallest absolute Gasteiger partial charge is 0.251 e. The average Bonchev–Trinajstić information content (AvgIpc) is 2.90. The van der Waals surface area contributed by atoms with Crippen molar-refractivity contribution in [1.82, 2.24) is 14.5 Å². The van der Waals surface area contributed by atoms with Crippen molar-refractivity contribution in [3.63, 3.8) is 0 Å². The summed E-state index contributed by atoms with van der Waals surface area (Å²) >= 11 is 0. The molecule has 0 spiro atoms. The van der Waals surface area contributed by atoms with Crippen molar-refractivity contribution in [2.45, 2.75) is 30.2 Å². The maximum Gasteiger partial charge on any atom is 0.251 e. The van der Waals surface area contributed by atoms with E-state index in [1.54, 1.807) is 19.2 Å². The van der Waals surface area contributed by atoms with Gasteiger partial charge in [-0.05, 0) is 61.8 Å². The molecule has 2 saturated heterocycles. The molecule has 184 valence electrons. The summed E-state index contributed by atoms with van der Waals surface area (Å²) in [4.78, 5) is 15.6. The molecule has 0 aromatic heterocycles. The molecule has 9 heteroatoms. The first kappa shape index (κ1) is 24.7. The fourth-order valence-electron chi connectivity index (χ4n) is 4.54. The van der Waals surface area contributed by atoms with Crippen LogP contribution in [-0.4, -0.2) is 76.6 Å². The Balaban J connectivity index is 1.48. The summed E-state index contributed by atoms with van der Waals surface area (Å²) < 4.78 is 37.9. The SMILES string of the molecule is COc1ccc([C@H](CNC(=O)c2cccc(S(=O)(=O)N3CCOCC3)c2)N2CCCCC2)cc1. The summed E-state index contributed by atoms with van der Waals surface area (Å²) in [7, 11) is -2.02. The molecule has 0 unspecified atom stereocenters. The second-order valence-corrected chi connectivity index (χ2v) is 10.6. The van der Waals surface area contributed by atoms with Gasteiger partial charge >= 0.3 is 0 Å². The molecule has 34 heavy (non-hydrogen) atoms. The Morgan fingerprint density at radius 1 is 1.03 bits per heavy atom. The second kappa shape index (κ2) is 11.3. The van der Waals surface area contributed by atoms with E-state index in [2.05, 4.69) is 10.2 Å². The summed E-state index contributed by atoms with van der Waals surface area (Å²) in [6.45, 7) is 3.80. The fourth-order valence-corrected chi connectivity index (χ4v) is 5.99. The van der Waals surface area contributed by atoms with E-state index in [1.807, 2.05) is 24.3 Å². The normalized spacial score (nSPS) is 18.9. The molecule has 1 N–H and O–H groups in total. The van der Waals surface area contributed by atoms with Gasteiger partial charge in [0.05, 0.1) is 31.3 Å². The molecule has 2 aromatic carbocycles. The number of carbonyl (C=O) groups excluding carboxylic acids is 1. The molecule has 1 atom stereocenters. The third kappa shape index (κ3) is 5.78. The highest BCUT2D eigenvalue weighted by Crippen LogP contribution is 2.26. The van der Waals surface area contributed by atoms with Crippen LogP contribution in [-0.2, 0) is 14.8 Å². The van der Waals surface area contributed by atoms with Crippen LogP contribution in [0.4, 0.5) is 0 Å². The minimum absolute atomic E-state index is 0.0374. The third-order valence-corrected chi connectivity index (χ3v) is 8.39. The molecule has 2 aliphatic heterocycles.